The third-order valence-corrected chi connectivity index (χ3v) is 2.66. The van der Waals surface area contributed by atoms with Crippen molar-refractivity contribution in [1.82, 2.24) is 9.97 Å². The third kappa shape index (κ3) is 3.17. The van der Waals surface area contributed by atoms with Crippen molar-refractivity contribution in [3.8, 4) is 5.88 Å². The Morgan fingerprint density at radius 3 is 2.94 bits per heavy atom. The van der Waals surface area contributed by atoms with E-state index in [-0.39, 0.29) is 0 Å². The number of aromatic nitrogens is 2. The molecular formula is C12H12BrN3O. The lowest BCUT2D eigenvalue weighted by Crippen LogP contribution is -2.03. The molecule has 88 valence electrons. The van der Waals surface area contributed by atoms with Crippen LogP contribution in [0.5, 0.6) is 5.88 Å². The zero-order valence-corrected chi connectivity index (χ0v) is 10.9. The predicted octanol–water partition coefficient (Wildman–Crippen LogP) is 2.86. The summed E-state index contributed by atoms with van der Waals surface area (Å²) in [7, 11) is 1.61. The lowest BCUT2D eigenvalue weighted by molar-refractivity contribution is 0.393. The van der Waals surface area contributed by atoms with E-state index in [4.69, 9.17) is 4.74 Å². The Labute approximate surface area is 108 Å². The standard InChI is InChI=1S/C12H12BrN3O/c1-17-12-9(4-3-7-14-12)8-15-11-6-2-5-10(13)16-11/h2-7H,8H2,1H3,(H,15,16). The summed E-state index contributed by atoms with van der Waals surface area (Å²) in [4.78, 5) is 8.42. The molecule has 0 aliphatic carbocycles. The Morgan fingerprint density at radius 2 is 2.18 bits per heavy atom. The Morgan fingerprint density at radius 1 is 1.29 bits per heavy atom. The molecule has 0 saturated heterocycles. The van der Waals surface area contributed by atoms with Gasteiger partial charge in [0.1, 0.15) is 10.4 Å². The Bertz CT molecular complexity index is 505. The molecule has 1 N–H and O–H groups in total. The lowest BCUT2D eigenvalue weighted by Gasteiger charge is -2.08. The van der Waals surface area contributed by atoms with Gasteiger partial charge in [0.05, 0.1) is 7.11 Å². The predicted molar refractivity (Wildman–Crippen MR) is 70.1 cm³/mol. The summed E-state index contributed by atoms with van der Waals surface area (Å²) < 4.78 is 5.98. The maximum atomic E-state index is 5.18. The zero-order chi connectivity index (χ0) is 12.1. The second kappa shape index (κ2) is 5.63. The van der Waals surface area contributed by atoms with Gasteiger partial charge in [-0.2, -0.15) is 0 Å². The maximum absolute atomic E-state index is 5.18. The second-order valence-corrected chi connectivity index (χ2v) is 4.18. The number of rotatable bonds is 4. The van der Waals surface area contributed by atoms with Crippen molar-refractivity contribution in [3.05, 3.63) is 46.7 Å². The largest absolute Gasteiger partial charge is 0.481 e. The van der Waals surface area contributed by atoms with E-state index in [0.29, 0.717) is 12.4 Å². The minimum absolute atomic E-state index is 0.625. The Balaban J connectivity index is 2.07. The quantitative estimate of drug-likeness (QED) is 0.881. The molecule has 0 radical (unpaired) electrons. The van der Waals surface area contributed by atoms with Crippen molar-refractivity contribution in [3.63, 3.8) is 0 Å². The first kappa shape index (κ1) is 11.9. The van der Waals surface area contributed by atoms with Crippen LogP contribution in [0.1, 0.15) is 5.56 Å². The third-order valence-electron chi connectivity index (χ3n) is 2.22. The van der Waals surface area contributed by atoms with Gasteiger partial charge >= 0.3 is 0 Å². The minimum atomic E-state index is 0.625. The van der Waals surface area contributed by atoms with E-state index in [2.05, 4.69) is 31.2 Å². The van der Waals surface area contributed by atoms with Gasteiger partial charge in [0.25, 0.3) is 0 Å². The molecule has 0 spiro atoms. The van der Waals surface area contributed by atoms with Gasteiger partial charge in [-0.3, -0.25) is 0 Å². The van der Waals surface area contributed by atoms with Gasteiger partial charge in [0.15, 0.2) is 0 Å². The molecule has 0 unspecified atom stereocenters. The molecule has 4 nitrogen and oxygen atoms in total. The van der Waals surface area contributed by atoms with Crippen LogP contribution in [0.25, 0.3) is 0 Å². The Kier molecular flexibility index (Phi) is 3.93. The van der Waals surface area contributed by atoms with E-state index in [1.54, 1.807) is 13.3 Å². The normalized spacial score (nSPS) is 10.0. The summed E-state index contributed by atoms with van der Waals surface area (Å²) in [6.45, 7) is 0.625. The van der Waals surface area contributed by atoms with Crippen molar-refractivity contribution in [2.75, 3.05) is 12.4 Å². The Hall–Kier alpha value is -1.62. The van der Waals surface area contributed by atoms with Gasteiger partial charge < -0.3 is 10.1 Å². The van der Waals surface area contributed by atoms with Crippen molar-refractivity contribution < 1.29 is 4.74 Å². The highest BCUT2D eigenvalue weighted by Gasteiger charge is 2.03. The molecule has 2 aromatic heterocycles. The number of nitrogens with zero attached hydrogens (tertiary/aromatic N) is 2. The van der Waals surface area contributed by atoms with Gasteiger partial charge in [0, 0.05) is 18.3 Å². The van der Waals surface area contributed by atoms with E-state index in [9.17, 15) is 0 Å². The SMILES string of the molecule is COc1ncccc1CNc1cccc(Br)n1. The maximum Gasteiger partial charge on any atom is 0.218 e. The van der Waals surface area contributed by atoms with E-state index in [0.717, 1.165) is 16.0 Å². The van der Waals surface area contributed by atoms with Crippen LogP contribution in [0, 0.1) is 0 Å². The number of methoxy groups -OCH3 is 1. The summed E-state index contributed by atoms with van der Waals surface area (Å²) in [5, 5.41) is 3.22. The molecule has 0 aliphatic heterocycles. The molecule has 0 fully saturated rings. The van der Waals surface area contributed by atoms with Crippen molar-refractivity contribution in [1.29, 1.82) is 0 Å². The fourth-order valence-corrected chi connectivity index (χ4v) is 1.78. The first-order valence-electron chi connectivity index (χ1n) is 5.14. The van der Waals surface area contributed by atoms with Gasteiger partial charge in [-0.1, -0.05) is 12.1 Å². The molecule has 0 saturated carbocycles. The van der Waals surface area contributed by atoms with Gasteiger partial charge in [-0.25, -0.2) is 9.97 Å². The molecule has 0 atom stereocenters. The first-order valence-corrected chi connectivity index (χ1v) is 5.93. The highest BCUT2D eigenvalue weighted by molar-refractivity contribution is 9.10. The summed E-state index contributed by atoms with van der Waals surface area (Å²) in [5.74, 6) is 1.44. The van der Waals surface area contributed by atoms with Crippen LogP contribution in [0.4, 0.5) is 5.82 Å². The number of halogens is 1. The van der Waals surface area contributed by atoms with Gasteiger partial charge in [0.2, 0.25) is 5.88 Å². The van der Waals surface area contributed by atoms with E-state index >= 15 is 0 Å². The van der Waals surface area contributed by atoms with Gasteiger partial charge in [-0.05, 0) is 34.1 Å². The van der Waals surface area contributed by atoms with Crippen LogP contribution in [0.2, 0.25) is 0 Å². The monoisotopic (exact) mass is 293 g/mol. The molecule has 0 aliphatic rings. The number of anilines is 1. The first-order chi connectivity index (χ1) is 8.29. The van der Waals surface area contributed by atoms with E-state index in [1.807, 2.05) is 30.3 Å². The molecule has 2 aromatic rings. The van der Waals surface area contributed by atoms with Crippen molar-refractivity contribution in [2.24, 2.45) is 0 Å². The highest BCUT2D eigenvalue weighted by atomic mass is 79.9. The number of ether oxygens (including phenoxy) is 1. The second-order valence-electron chi connectivity index (χ2n) is 3.37. The minimum Gasteiger partial charge on any atom is -0.481 e. The number of pyridine rings is 2. The topological polar surface area (TPSA) is 47.0 Å². The lowest BCUT2D eigenvalue weighted by atomic mass is 10.2. The average Bonchev–Trinajstić information content (AvgIpc) is 2.37. The van der Waals surface area contributed by atoms with Crippen LogP contribution in [0.15, 0.2) is 41.1 Å². The van der Waals surface area contributed by atoms with Crippen LogP contribution < -0.4 is 10.1 Å². The van der Waals surface area contributed by atoms with Crippen LogP contribution in [0.3, 0.4) is 0 Å². The van der Waals surface area contributed by atoms with Crippen LogP contribution in [-0.2, 0) is 6.54 Å². The molecule has 0 bridgehead atoms. The fourth-order valence-electron chi connectivity index (χ4n) is 1.43. The average molecular weight is 294 g/mol. The van der Waals surface area contributed by atoms with E-state index < -0.39 is 0 Å². The summed E-state index contributed by atoms with van der Waals surface area (Å²) >= 11 is 3.33. The molecule has 5 heteroatoms. The summed E-state index contributed by atoms with van der Waals surface area (Å²) in [6.07, 6.45) is 1.71. The molecule has 2 rings (SSSR count). The van der Waals surface area contributed by atoms with Crippen molar-refractivity contribution in [2.45, 2.75) is 6.54 Å². The highest BCUT2D eigenvalue weighted by Crippen LogP contribution is 2.16. The molecule has 17 heavy (non-hydrogen) atoms. The molecule has 2 heterocycles. The van der Waals surface area contributed by atoms with Crippen molar-refractivity contribution >= 4 is 21.7 Å². The molecule has 0 amide bonds. The molecular weight excluding hydrogens is 282 g/mol. The summed E-state index contributed by atoms with van der Waals surface area (Å²) in [6, 6.07) is 9.58. The van der Waals surface area contributed by atoms with Gasteiger partial charge in [-0.15, -0.1) is 0 Å². The number of nitrogens with one attached hydrogen (secondary N) is 1. The number of hydrogen-bond acceptors (Lipinski definition) is 4. The fraction of sp³-hybridized carbons (Fsp3) is 0.167. The smallest absolute Gasteiger partial charge is 0.218 e. The molecule has 0 aromatic carbocycles. The van der Waals surface area contributed by atoms with Crippen LogP contribution in [-0.4, -0.2) is 17.1 Å². The van der Waals surface area contributed by atoms with E-state index in [1.165, 1.54) is 0 Å². The number of hydrogen-bond donors (Lipinski definition) is 1. The summed E-state index contributed by atoms with van der Waals surface area (Å²) in [5.41, 5.74) is 0.997. The van der Waals surface area contributed by atoms with Crippen LogP contribution >= 0.6 is 15.9 Å². The zero-order valence-electron chi connectivity index (χ0n) is 9.35.